The van der Waals surface area contributed by atoms with E-state index in [1.807, 2.05) is 36.4 Å². The van der Waals surface area contributed by atoms with Crippen LogP contribution in [0.5, 0.6) is 0 Å². The lowest BCUT2D eigenvalue weighted by atomic mass is 10.0. The standard InChI is InChI=1S/C29H25FN4O4/c1-18(35)31-16-24-17-34(29(37)38-24)23-10-11-25(26(30)13-23)20-8-6-19(7-9-20)14-33-28(36)22-12-21-4-2-3-5-27(21)32-15-22/h2-13,15,24H,14,16-17H2,1H3,(H,31,35)(H,33,36)/t24-/m0/s1. The molecule has 1 atom stereocenters. The first-order valence-electron chi connectivity index (χ1n) is 12.1. The second-order valence-electron chi connectivity index (χ2n) is 9.01. The van der Waals surface area contributed by atoms with Crippen LogP contribution in [0.15, 0.2) is 79.0 Å². The van der Waals surface area contributed by atoms with Crippen LogP contribution in [0, 0.1) is 5.82 Å². The Morgan fingerprint density at radius 2 is 1.84 bits per heavy atom. The summed E-state index contributed by atoms with van der Waals surface area (Å²) < 4.78 is 20.3. The largest absolute Gasteiger partial charge is 0.442 e. The molecule has 0 saturated carbocycles. The summed E-state index contributed by atoms with van der Waals surface area (Å²) in [5, 5.41) is 6.39. The summed E-state index contributed by atoms with van der Waals surface area (Å²) in [6, 6.07) is 21.2. The van der Waals surface area contributed by atoms with Gasteiger partial charge < -0.3 is 15.4 Å². The molecule has 8 nitrogen and oxygen atoms in total. The third-order valence-electron chi connectivity index (χ3n) is 6.29. The van der Waals surface area contributed by atoms with Gasteiger partial charge in [0.2, 0.25) is 5.91 Å². The van der Waals surface area contributed by atoms with Crippen molar-refractivity contribution in [3.8, 4) is 11.1 Å². The van der Waals surface area contributed by atoms with Gasteiger partial charge in [0.1, 0.15) is 11.9 Å². The van der Waals surface area contributed by atoms with Crippen molar-refractivity contribution < 1.29 is 23.5 Å². The van der Waals surface area contributed by atoms with E-state index in [0.717, 1.165) is 16.5 Å². The number of carbonyl (C=O) groups is 3. The molecule has 9 heteroatoms. The monoisotopic (exact) mass is 512 g/mol. The molecule has 2 heterocycles. The number of nitrogens with one attached hydrogen (secondary N) is 2. The van der Waals surface area contributed by atoms with Crippen LogP contribution in [0.4, 0.5) is 14.9 Å². The molecule has 0 spiro atoms. The topological polar surface area (TPSA) is 101 Å². The number of para-hydroxylation sites is 1. The highest BCUT2D eigenvalue weighted by Crippen LogP contribution is 2.29. The molecule has 38 heavy (non-hydrogen) atoms. The molecule has 1 fully saturated rings. The zero-order valence-electron chi connectivity index (χ0n) is 20.6. The van der Waals surface area contributed by atoms with E-state index in [9.17, 15) is 14.4 Å². The summed E-state index contributed by atoms with van der Waals surface area (Å²) in [5.74, 6) is -0.926. The molecule has 1 aliphatic heterocycles. The van der Waals surface area contributed by atoms with Crippen LogP contribution in [-0.2, 0) is 16.1 Å². The average molecular weight is 513 g/mol. The third kappa shape index (κ3) is 5.46. The number of anilines is 1. The number of rotatable bonds is 7. The molecule has 1 aliphatic rings. The highest BCUT2D eigenvalue weighted by Gasteiger charge is 2.32. The molecule has 3 amide bonds. The molecular weight excluding hydrogens is 487 g/mol. The first kappa shape index (κ1) is 24.9. The molecule has 5 rings (SSSR count). The Bertz CT molecular complexity index is 1520. The number of benzene rings is 3. The van der Waals surface area contributed by atoms with Crippen LogP contribution in [0.1, 0.15) is 22.8 Å². The van der Waals surface area contributed by atoms with Crippen LogP contribution in [0.25, 0.3) is 22.0 Å². The van der Waals surface area contributed by atoms with Crippen molar-refractivity contribution in [1.82, 2.24) is 15.6 Å². The number of fused-ring (bicyclic) bond motifs is 1. The van der Waals surface area contributed by atoms with Crippen LogP contribution in [0.2, 0.25) is 0 Å². The zero-order chi connectivity index (χ0) is 26.6. The van der Waals surface area contributed by atoms with E-state index in [-0.39, 0.29) is 24.9 Å². The van der Waals surface area contributed by atoms with Crippen molar-refractivity contribution in [1.29, 1.82) is 0 Å². The van der Waals surface area contributed by atoms with E-state index in [2.05, 4.69) is 15.6 Å². The van der Waals surface area contributed by atoms with Gasteiger partial charge in [0.15, 0.2) is 0 Å². The maximum absolute atomic E-state index is 15.0. The normalized spacial score (nSPS) is 14.8. The van der Waals surface area contributed by atoms with Crippen molar-refractivity contribution in [2.24, 2.45) is 0 Å². The number of hydrogen-bond acceptors (Lipinski definition) is 5. The molecule has 0 aliphatic carbocycles. The van der Waals surface area contributed by atoms with Gasteiger partial charge in [-0.3, -0.25) is 19.5 Å². The Hall–Kier alpha value is -4.79. The van der Waals surface area contributed by atoms with Gasteiger partial charge in [-0.15, -0.1) is 0 Å². The number of cyclic esters (lactones) is 1. The number of halogens is 1. The molecule has 1 saturated heterocycles. The van der Waals surface area contributed by atoms with Gasteiger partial charge in [0.25, 0.3) is 5.91 Å². The van der Waals surface area contributed by atoms with Crippen molar-refractivity contribution in [3.63, 3.8) is 0 Å². The molecule has 2 N–H and O–H groups in total. The second-order valence-corrected chi connectivity index (χ2v) is 9.01. The number of ether oxygens (including phenoxy) is 1. The summed E-state index contributed by atoms with van der Waals surface area (Å²) in [4.78, 5) is 41.6. The quantitative estimate of drug-likeness (QED) is 0.382. The van der Waals surface area contributed by atoms with Gasteiger partial charge in [-0.25, -0.2) is 9.18 Å². The van der Waals surface area contributed by atoms with E-state index in [0.29, 0.717) is 28.9 Å². The maximum Gasteiger partial charge on any atom is 0.414 e. The summed E-state index contributed by atoms with van der Waals surface area (Å²) >= 11 is 0. The third-order valence-corrected chi connectivity index (χ3v) is 6.29. The Morgan fingerprint density at radius 1 is 1.05 bits per heavy atom. The summed E-state index contributed by atoms with van der Waals surface area (Å²) in [7, 11) is 0. The predicted octanol–water partition coefficient (Wildman–Crippen LogP) is 4.43. The van der Waals surface area contributed by atoms with E-state index in [1.54, 1.807) is 36.5 Å². The van der Waals surface area contributed by atoms with Gasteiger partial charge >= 0.3 is 6.09 Å². The first-order valence-corrected chi connectivity index (χ1v) is 12.1. The highest BCUT2D eigenvalue weighted by molar-refractivity contribution is 5.97. The Labute approximate surface area is 218 Å². The lowest BCUT2D eigenvalue weighted by Crippen LogP contribution is -2.33. The lowest BCUT2D eigenvalue weighted by molar-refractivity contribution is -0.119. The Kier molecular flexibility index (Phi) is 6.99. The number of aromatic nitrogens is 1. The van der Waals surface area contributed by atoms with Gasteiger partial charge in [0, 0.05) is 30.6 Å². The fourth-order valence-electron chi connectivity index (χ4n) is 4.28. The minimum Gasteiger partial charge on any atom is -0.442 e. The van der Waals surface area contributed by atoms with E-state index in [1.165, 1.54) is 17.9 Å². The number of pyridine rings is 1. The van der Waals surface area contributed by atoms with Crippen molar-refractivity contribution >= 4 is 34.5 Å². The molecule has 3 aromatic carbocycles. The second kappa shape index (κ2) is 10.7. The fraction of sp³-hybridized carbons (Fsp3) is 0.172. The minimum absolute atomic E-state index is 0.199. The van der Waals surface area contributed by atoms with Crippen LogP contribution in [0.3, 0.4) is 0 Å². The smallest absolute Gasteiger partial charge is 0.414 e. The zero-order valence-corrected chi connectivity index (χ0v) is 20.6. The van der Waals surface area contributed by atoms with Gasteiger partial charge in [-0.2, -0.15) is 0 Å². The number of carbonyl (C=O) groups excluding carboxylic acids is 3. The summed E-state index contributed by atoms with van der Waals surface area (Å²) in [6.07, 6.45) is 0.469. The first-order chi connectivity index (χ1) is 18.4. The fourth-order valence-corrected chi connectivity index (χ4v) is 4.28. The lowest BCUT2D eigenvalue weighted by Gasteiger charge is -2.15. The van der Waals surface area contributed by atoms with E-state index >= 15 is 4.39 Å². The van der Waals surface area contributed by atoms with Gasteiger partial charge in [-0.1, -0.05) is 42.5 Å². The number of amides is 3. The summed E-state index contributed by atoms with van der Waals surface area (Å²) in [5.41, 5.74) is 3.59. The van der Waals surface area contributed by atoms with Crippen LogP contribution >= 0.6 is 0 Å². The van der Waals surface area contributed by atoms with E-state index in [4.69, 9.17) is 4.74 Å². The van der Waals surface area contributed by atoms with Gasteiger partial charge in [0.05, 0.1) is 29.9 Å². The minimum atomic E-state index is -0.585. The number of nitrogens with zero attached hydrogens (tertiary/aromatic N) is 2. The van der Waals surface area contributed by atoms with E-state index < -0.39 is 18.0 Å². The maximum atomic E-state index is 15.0. The Morgan fingerprint density at radius 3 is 2.61 bits per heavy atom. The average Bonchev–Trinajstić information content (AvgIpc) is 3.31. The van der Waals surface area contributed by atoms with Crippen molar-refractivity contribution in [3.05, 3.63) is 95.9 Å². The molecular formula is C29H25FN4O4. The van der Waals surface area contributed by atoms with Crippen molar-refractivity contribution in [2.45, 2.75) is 19.6 Å². The molecule has 4 aromatic rings. The molecule has 0 bridgehead atoms. The molecule has 192 valence electrons. The molecule has 1 aromatic heterocycles. The van der Waals surface area contributed by atoms with Crippen molar-refractivity contribution in [2.75, 3.05) is 18.0 Å². The molecule has 0 radical (unpaired) electrons. The van der Waals surface area contributed by atoms with Crippen LogP contribution < -0.4 is 15.5 Å². The van der Waals surface area contributed by atoms with Crippen LogP contribution in [-0.4, -0.2) is 42.1 Å². The SMILES string of the molecule is CC(=O)NC[C@H]1CN(c2ccc(-c3ccc(CNC(=O)c4cnc5ccccc5c4)cc3)c(F)c2)C(=O)O1. The highest BCUT2D eigenvalue weighted by atomic mass is 19.1. The van der Waals surface area contributed by atoms with Gasteiger partial charge in [-0.05, 0) is 41.5 Å². The molecule has 0 unspecified atom stereocenters. The Balaban J connectivity index is 1.21. The number of hydrogen-bond donors (Lipinski definition) is 2. The summed E-state index contributed by atoms with van der Waals surface area (Å²) in [6.45, 7) is 2.11. The predicted molar refractivity (Wildman–Crippen MR) is 141 cm³/mol.